The van der Waals surface area contributed by atoms with Gasteiger partial charge in [-0.15, -0.1) is 0 Å². The summed E-state index contributed by atoms with van der Waals surface area (Å²) >= 11 is 0. The molecule has 0 amide bonds. The Hall–Kier alpha value is -2.46. The Morgan fingerprint density at radius 3 is 2.88 bits per heavy atom. The van der Waals surface area contributed by atoms with E-state index in [2.05, 4.69) is 36.9 Å². The molecule has 0 saturated carbocycles. The van der Waals surface area contributed by atoms with Crippen molar-refractivity contribution in [2.75, 3.05) is 6.54 Å². The van der Waals surface area contributed by atoms with Crippen molar-refractivity contribution in [1.29, 1.82) is 0 Å². The van der Waals surface area contributed by atoms with Crippen LogP contribution >= 0.6 is 0 Å². The third kappa shape index (κ3) is 3.42. The zero-order chi connectivity index (χ0) is 18.1. The van der Waals surface area contributed by atoms with Crippen molar-refractivity contribution < 1.29 is 8.81 Å². The van der Waals surface area contributed by atoms with Crippen molar-refractivity contribution in [2.45, 2.75) is 39.3 Å². The normalized spacial score (nSPS) is 17.7. The van der Waals surface area contributed by atoms with Crippen LogP contribution in [-0.2, 0) is 6.54 Å². The summed E-state index contributed by atoms with van der Waals surface area (Å²) in [5.74, 6) is 0.493. The van der Waals surface area contributed by atoms with Gasteiger partial charge in [0, 0.05) is 18.2 Å². The van der Waals surface area contributed by atoms with Gasteiger partial charge in [0.2, 0.25) is 5.89 Å². The highest BCUT2D eigenvalue weighted by atomic mass is 19.1. The summed E-state index contributed by atoms with van der Waals surface area (Å²) in [6.45, 7) is 5.87. The molecule has 0 unspecified atom stereocenters. The number of rotatable bonds is 4. The van der Waals surface area contributed by atoms with Crippen molar-refractivity contribution in [3.8, 4) is 11.5 Å². The molecule has 3 aromatic rings. The van der Waals surface area contributed by atoms with Gasteiger partial charge in [0.05, 0.1) is 5.69 Å². The molecule has 0 aliphatic carbocycles. The van der Waals surface area contributed by atoms with Gasteiger partial charge in [-0.1, -0.05) is 29.8 Å². The number of halogens is 1. The third-order valence-electron chi connectivity index (χ3n) is 5.13. The van der Waals surface area contributed by atoms with Crippen LogP contribution in [0.25, 0.3) is 11.5 Å². The summed E-state index contributed by atoms with van der Waals surface area (Å²) in [5, 5.41) is 0. The molecule has 0 bridgehead atoms. The highest BCUT2D eigenvalue weighted by molar-refractivity contribution is 5.59. The predicted molar refractivity (Wildman–Crippen MR) is 100 cm³/mol. The van der Waals surface area contributed by atoms with Crippen molar-refractivity contribution in [2.24, 2.45) is 0 Å². The second-order valence-electron chi connectivity index (χ2n) is 7.15. The first-order valence-electron chi connectivity index (χ1n) is 9.12. The maximum Gasteiger partial charge on any atom is 0.226 e. The van der Waals surface area contributed by atoms with Crippen LogP contribution in [-0.4, -0.2) is 16.4 Å². The Bertz CT molecular complexity index is 918. The third-order valence-corrected chi connectivity index (χ3v) is 5.13. The fourth-order valence-corrected chi connectivity index (χ4v) is 3.87. The van der Waals surface area contributed by atoms with Crippen molar-refractivity contribution >= 4 is 0 Å². The van der Waals surface area contributed by atoms with E-state index in [9.17, 15) is 4.39 Å². The van der Waals surface area contributed by atoms with Crippen molar-refractivity contribution in [1.82, 2.24) is 9.88 Å². The first kappa shape index (κ1) is 17.0. The lowest BCUT2D eigenvalue weighted by Gasteiger charge is -2.23. The second-order valence-corrected chi connectivity index (χ2v) is 7.15. The number of aromatic nitrogens is 1. The minimum Gasteiger partial charge on any atom is -0.444 e. The number of benzene rings is 2. The van der Waals surface area contributed by atoms with E-state index < -0.39 is 0 Å². The number of likely N-dealkylation sites (tertiary alicyclic amines) is 1. The number of aryl methyl sites for hydroxylation is 2. The Kier molecular flexibility index (Phi) is 4.60. The molecule has 0 spiro atoms. The van der Waals surface area contributed by atoms with Crippen LogP contribution in [0.4, 0.5) is 4.39 Å². The zero-order valence-corrected chi connectivity index (χ0v) is 15.2. The van der Waals surface area contributed by atoms with E-state index in [1.807, 2.05) is 6.07 Å². The molecule has 1 aliphatic rings. The summed E-state index contributed by atoms with van der Waals surface area (Å²) in [6.07, 6.45) is 3.91. The van der Waals surface area contributed by atoms with Crippen LogP contribution in [0.1, 0.15) is 41.3 Å². The summed E-state index contributed by atoms with van der Waals surface area (Å²) < 4.78 is 19.3. The fourth-order valence-electron chi connectivity index (χ4n) is 3.87. The van der Waals surface area contributed by atoms with E-state index in [0.717, 1.165) is 48.3 Å². The van der Waals surface area contributed by atoms with E-state index in [1.165, 1.54) is 11.6 Å². The quantitative estimate of drug-likeness (QED) is 0.628. The van der Waals surface area contributed by atoms with E-state index in [4.69, 9.17) is 9.40 Å². The first-order chi connectivity index (χ1) is 12.6. The first-order valence-corrected chi connectivity index (χ1v) is 9.12. The summed E-state index contributed by atoms with van der Waals surface area (Å²) in [7, 11) is 0. The lowest BCUT2D eigenvalue weighted by molar-refractivity contribution is 0.245. The summed E-state index contributed by atoms with van der Waals surface area (Å²) in [6, 6.07) is 13.5. The Balaban J connectivity index is 1.53. The molecule has 1 fully saturated rings. The molecular formula is C22H23FN2O. The monoisotopic (exact) mass is 350 g/mol. The lowest BCUT2D eigenvalue weighted by atomic mass is 10.0. The summed E-state index contributed by atoms with van der Waals surface area (Å²) in [5.41, 5.74) is 5.39. The molecular weight excluding hydrogens is 327 g/mol. The minimum absolute atomic E-state index is 0.173. The van der Waals surface area contributed by atoms with Crippen LogP contribution in [0.5, 0.6) is 0 Å². The van der Waals surface area contributed by atoms with E-state index in [0.29, 0.717) is 5.89 Å². The highest BCUT2D eigenvalue weighted by Crippen LogP contribution is 2.33. The SMILES string of the molecule is Cc1ccc(-c2nc(CN3CCC[C@@H]3c3cccc(F)c3)co2)c(C)c1. The Morgan fingerprint density at radius 2 is 2.08 bits per heavy atom. The van der Waals surface area contributed by atoms with Gasteiger partial charge >= 0.3 is 0 Å². The zero-order valence-electron chi connectivity index (χ0n) is 15.2. The van der Waals surface area contributed by atoms with E-state index >= 15 is 0 Å². The average Bonchev–Trinajstić information content (AvgIpc) is 3.25. The smallest absolute Gasteiger partial charge is 0.226 e. The molecule has 0 N–H and O–H groups in total. The van der Waals surface area contributed by atoms with Gasteiger partial charge in [-0.3, -0.25) is 4.90 Å². The summed E-state index contributed by atoms with van der Waals surface area (Å²) in [4.78, 5) is 7.06. The Morgan fingerprint density at radius 1 is 1.19 bits per heavy atom. The van der Waals surface area contributed by atoms with E-state index in [1.54, 1.807) is 18.4 Å². The number of oxazole rings is 1. The number of hydrogen-bond acceptors (Lipinski definition) is 3. The van der Waals surface area contributed by atoms with Gasteiger partial charge in [-0.05, 0) is 62.6 Å². The van der Waals surface area contributed by atoms with Crippen LogP contribution < -0.4 is 0 Å². The van der Waals surface area contributed by atoms with Gasteiger partial charge in [-0.25, -0.2) is 9.37 Å². The molecule has 0 radical (unpaired) electrons. The van der Waals surface area contributed by atoms with Gasteiger partial charge in [-0.2, -0.15) is 0 Å². The molecule has 1 aliphatic heterocycles. The maximum absolute atomic E-state index is 13.6. The molecule has 1 aromatic heterocycles. The molecule has 1 atom stereocenters. The molecule has 26 heavy (non-hydrogen) atoms. The second kappa shape index (κ2) is 7.04. The van der Waals surface area contributed by atoms with E-state index in [-0.39, 0.29) is 11.9 Å². The van der Waals surface area contributed by atoms with Crippen LogP contribution in [0.2, 0.25) is 0 Å². The highest BCUT2D eigenvalue weighted by Gasteiger charge is 2.27. The van der Waals surface area contributed by atoms with Crippen molar-refractivity contribution in [3.05, 3.63) is 76.9 Å². The molecule has 134 valence electrons. The molecule has 2 aromatic carbocycles. The van der Waals surface area contributed by atoms with Crippen LogP contribution in [0, 0.1) is 19.7 Å². The predicted octanol–water partition coefficient (Wildman–Crippen LogP) is 5.43. The fraction of sp³-hybridized carbons (Fsp3) is 0.318. The van der Waals surface area contributed by atoms with Gasteiger partial charge < -0.3 is 4.42 Å². The van der Waals surface area contributed by atoms with Gasteiger partial charge in [0.15, 0.2) is 0 Å². The number of nitrogens with zero attached hydrogens (tertiary/aromatic N) is 2. The molecule has 2 heterocycles. The van der Waals surface area contributed by atoms with Gasteiger partial charge in [0.1, 0.15) is 12.1 Å². The Labute approximate surface area is 153 Å². The maximum atomic E-state index is 13.6. The van der Waals surface area contributed by atoms with Gasteiger partial charge in [0.25, 0.3) is 0 Å². The minimum atomic E-state index is -0.173. The number of hydrogen-bond donors (Lipinski definition) is 0. The van der Waals surface area contributed by atoms with Crippen molar-refractivity contribution in [3.63, 3.8) is 0 Å². The lowest BCUT2D eigenvalue weighted by Crippen LogP contribution is -2.23. The standard InChI is InChI=1S/C22H23FN2O/c1-15-8-9-20(16(2)11-15)22-24-19(14-26-22)13-25-10-4-7-21(25)17-5-3-6-18(23)12-17/h3,5-6,8-9,11-12,14,21H,4,7,10,13H2,1-2H3/t21-/m1/s1. The molecule has 4 rings (SSSR count). The van der Waals surface area contributed by atoms with Crippen LogP contribution in [0.3, 0.4) is 0 Å². The van der Waals surface area contributed by atoms with Crippen LogP contribution in [0.15, 0.2) is 53.1 Å². The molecule has 4 heteroatoms. The largest absolute Gasteiger partial charge is 0.444 e. The molecule has 1 saturated heterocycles. The molecule has 3 nitrogen and oxygen atoms in total. The topological polar surface area (TPSA) is 29.3 Å². The average molecular weight is 350 g/mol.